The molecule has 7 nitrogen and oxygen atoms in total. The van der Waals surface area contributed by atoms with Crippen molar-refractivity contribution in [2.24, 2.45) is 5.92 Å². The number of amides is 1. The van der Waals surface area contributed by atoms with Crippen LogP contribution in [0.3, 0.4) is 0 Å². The van der Waals surface area contributed by atoms with E-state index in [0.717, 1.165) is 16.8 Å². The zero-order chi connectivity index (χ0) is 20.5. The van der Waals surface area contributed by atoms with Crippen LogP contribution in [0.15, 0.2) is 40.5 Å². The summed E-state index contributed by atoms with van der Waals surface area (Å²) < 4.78 is 6.88. The monoisotopic (exact) mass is 411 g/mol. The number of fused-ring (bicyclic) bond motifs is 1. The predicted octanol–water partition coefficient (Wildman–Crippen LogP) is 2.46. The fraction of sp³-hybridized carbons (Fsp3) is 0.333. The minimum Gasteiger partial charge on any atom is -0.459 e. The third kappa shape index (κ3) is 4.07. The van der Waals surface area contributed by atoms with Crippen molar-refractivity contribution in [1.29, 1.82) is 0 Å². The van der Waals surface area contributed by atoms with Gasteiger partial charge in [0.2, 0.25) is 5.91 Å². The number of hydrogen-bond acceptors (Lipinski definition) is 6. The van der Waals surface area contributed by atoms with Gasteiger partial charge in [0.05, 0.1) is 11.6 Å². The SMILES string of the molecule is Cc1ccc(CN2C[C@H](C(=O)OCc3cc(=O)n4c(C)csc4n3)CC2=O)cc1. The Morgan fingerprint density at radius 3 is 2.76 bits per heavy atom. The third-order valence-corrected chi connectivity index (χ3v) is 5.98. The number of rotatable bonds is 5. The molecule has 29 heavy (non-hydrogen) atoms. The van der Waals surface area contributed by atoms with E-state index < -0.39 is 11.9 Å². The Labute approximate surface area is 171 Å². The van der Waals surface area contributed by atoms with Crippen molar-refractivity contribution in [3.8, 4) is 0 Å². The molecular weight excluding hydrogens is 390 g/mol. The number of likely N-dealkylation sites (tertiary alicyclic amines) is 1. The number of nitrogens with zero attached hydrogens (tertiary/aromatic N) is 3. The van der Waals surface area contributed by atoms with Crippen LogP contribution in [-0.4, -0.2) is 32.7 Å². The van der Waals surface area contributed by atoms with Crippen molar-refractivity contribution in [2.75, 3.05) is 6.54 Å². The Morgan fingerprint density at radius 1 is 1.24 bits per heavy atom. The van der Waals surface area contributed by atoms with Crippen molar-refractivity contribution in [1.82, 2.24) is 14.3 Å². The average molecular weight is 411 g/mol. The lowest BCUT2D eigenvalue weighted by Gasteiger charge is -2.16. The van der Waals surface area contributed by atoms with Crippen LogP contribution in [0, 0.1) is 19.8 Å². The number of esters is 1. The van der Waals surface area contributed by atoms with Gasteiger partial charge in [-0.25, -0.2) is 4.98 Å². The molecule has 8 heteroatoms. The standard InChI is InChI=1S/C21H21N3O4S/c1-13-3-5-15(6-4-13)9-23-10-16(7-18(23)25)20(27)28-11-17-8-19(26)24-14(2)12-29-21(24)22-17/h3-6,8,12,16H,7,9-11H2,1-2H3/t16-/m1/s1. The molecule has 0 N–H and O–H groups in total. The molecule has 3 aromatic rings. The van der Waals surface area contributed by atoms with Crippen LogP contribution in [0.25, 0.3) is 4.96 Å². The maximum atomic E-state index is 12.4. The van der Waals surface area contributed by atoms with Crippen LogP contribution >= 0.6 is 11.3 Å². The zero-order valence-electron chi connectivity index (χ0n) is 16.3. The summed E-state index contributed by atoms with van der Waals surface area (Å²) in [4.78, 5) is 43.6. The summed E-state index contributed by atoms with van der Waals surface area (Å²) in [5.74, 6) is -0.991. The van der Waals surface area contributed by atoms with E-state index in [1.54, 1.807) is 4.90 Å². The quantitative estimate of drug-likeness (QED) is 0.603. The first-order valence-electron chi connectivity index (χ1n) is 9.37. The largest absolute Gasteiger partial charge is 0.459 e. The Hall–Kier alpha value is -3.00. The fourth-order valence-corrected chi connectivity index (χ4v) is 4.33. The Kier molecular flexibility index (Phi) is 5.19. The molecule has 1 aliphatic heterocycles. The Bertz CT molecular complexity index is 1130. The first-order chi connectivity index (χ1) is 13.9. The predicted molar refractivity (Wildman–Crippen MR) is 109 cm³/mol. The minimum absolute atomic E-state index is 0.0561. The van der Waals surface area contributed by atoms with E-state index in [1.807, 2.05) is 43.5 Å². The highest BCUT2D eigenvalue weighted by Gasteiger charge is 2.35. The van der Waals surface area contributed by atoms with E-state index in [-0.39, 0.29) is 24.5 Å². The average Bonchev–Trinajstić information content (AvgIpc) is 3.25. The molecule has 3 heterocycles. The molecule has 1 fully saturated rings. The van der Waals surface area contributed by atoms with Gasteiger partial charge in [-0.05, 0) is 19.4 Å². The van der Waals surface area contributed by atoms with Crippen molar-refractivity contribution in [3.63, 3.8) is 0 Å². The number of carbonyl (C=O) groups excluding carboxylic acids is 2. The highest BCUT2D eigenvalue weighted by atomic mass is 32.1. The highest BCUT2D eigenvalue weighted by Crippen LogP contribution is 2.22. The van der Waals surface area contributed by atoms with Gasteiger partial charge in [-0.1, -0.05) is 29.8 Å². The van der Waals surface area contributed by atoms with Crippen molar-refractivity contribution in [3.05, 3.63) is 68.6 Å². The summed E-state index contributed by atoms with van der Waals surface area (Å²) >= 11 is 1.36. The molecule has 150 valence electrons. The van der Waals surface area contributed by atoms with Gasteiger partial charge >= 0.3 is 5.97 Å². The van der Waals surface area contributed by atoms with Crippen LogP contribution in [-0.2, 0) is 27.5 Å². The van der Waals surface area contributed by atoms with E-state index in [2.05, 4.69) is 4.98 Å². The van der Waals surface area contributed by atoms with Gasteiger partial charge in [0.25, 0.3) is 5.56 Å². The molecule has 0 spiro atoms. The molecular formula is C21H21N3O4S. The molecule has 0 unspecified atom stereocenters. The smallest absolute Gasteiger partial charge is 0.311 e. The maximum Gasteiger partial charge on any atom is 0.311 e. The molecule has 0 saturated carbocycles. The van der Waals surface area contributed by atoms with E-state index in [0.29, 0.717) is 23.7 Å². The summed E-state index contributed by atoms with van der Waals surface area (Å²) in [5, 5.41) is 1.85. The first-order valence-corrected chi connectivity index (χ1v) is 10.3. The molecule has 2 aromatic heterocycles. The molecule has 1 saturated heterocycles. The number of aryl methyl sites for hydroxylation is 2. The molecule has 0 bridgehead atoms. The summed E-state index contributed by atoms with van der Waals surface area (Å²) in [6.07, 6.45) is 0.143. The van der Waals surface area contributed by atoms with E-state index in [1.165, 1.54) is 21.8 Å². The molecule has 4 rings (SSSR count). The van der Waals surface area contributed by atoms with Gasteiger partial charge in [0.15, 0.2) is 4.96 Å². The second-order valence-corrected chi connectivity index (χ2v) is 8.19. The lowest BCUT2D eigenvalue weighted by Crippen LogP contribution is -2.26. The molecule has 0 aliphatic carbocycles. The van der Waals surface area contributed by atoms with Gasteiger partial charge in [-0.2, -0.15) is 0 Å². The summed E-state index contributed by atoms with van der Waals surface area (Å²) in [6.45, 7) is 4.59. The Morgan fingerprint density at radius 2 is 2.00 bits per heavy atom. The number of aromatic nitrogens is 2. The normalized spacial score (nSPS) is 16.6. The van der Waals surface area contributed by atoms with Crippen molar-refractivity contribution in [2.45, 2.75) is 33.4 Å². The molecule has 1 amide bonds. The van der Waals surface area contributed by atoms with Gasteiger partial charge in [0, 0.05) is 36.7 Å². The summed E-state index contributed by atoms with van der Waals surface area (Å²) in [7, 11) is 0. The van der Waals surface area contributed by atoms with Gasteiger partial charge in [-0.15, -0.1) is 11.3 Å². The highest BCUT2D eigenvalue weighted by molar-refractivity contribution is 7.15. The number of benzene rings is 1. The lowest BCUT2D eigenvalue weighted by atomic mass is 10.1. The zero-order valence-corrected chi connectivity index (χ0v) is 17.1. The number of hydrogen-bond donors (Lipinski definition) is 0. The van der Waals surface area contributed by atoms with Crippen molar-refractivity contribution >= 4 is 28.2 Å². The maximum absolute atomic E-state index is 12.4. The minimum atomic E-state index is -0.498. The molecule has 1 aromatic carbocycles. The second kappa shape index (κ2) is 7.79. The molecule has 1 aliphatic rings. The molecule has 0 radical (unpaired) electrons. The van der Waals surface area contributed by atoms with Crippen LogP contribution in [0.1, 0.15) is 28.9 Å². The summed E-state index contributed by atoms with van der Waals surface area (Å²) in [6, 6.07) is 9.36. The third-order valence-electron chi connectivity index (χ3n) is 5.03. The fourth-order valence-electron chi connectivity index (χ4n) is 3.43. The van der Waals surface area contributed by atoms with E-state index >= 15 is 0 Å². The lowest BCUT2D eigenvalue weighted by molar-refractivity contribution is -0.149. The van der Waals surface area contributed by atoms with Gasteiger partial charge in [-0.3, -0.25) is 18.8 Å². The van der Waals surface area contributed by atoms with E-state index in [9.17, 15) is 14.4 Å². The first kappa shape index (κ1) is 19.3. The second-order valence-electron chi connectivity index (χ2n) is 7.35. The Balaban J connectivity index is 1.37. The number of ether oxygens (including phenoxy) is 1. The van der Waals surface area contributed by atoms with Crippen LogP contribution in [0.2, 0.25) is 0 Å². The van der Waals surface area contributed by atoms with Crippen LogP contribution < -0.4 is 5.56 Å². The van der Waals surface area contributed by atoms with Crippen LogP contribution in [0.4, 0.5) is 0 Å². The number of carbonyl (C=O) groups is 2. The van der Waals surface area contributed by atoms with Crippen molar-refractivity contribution < 1.29 is 14.3 Å². The topological polar surface area (TPSA) is 81.0 Å². The van der Waals surface area contributed by atoms with Crippen LogP contribution in [0.5, 0.6) is 0 Å². The summed E-state index contributed by atoms with van der Waals surface area (Å²) in [5.41, 5.74) is 3.23. The number of thiazole rings is 1. The van der Waals surface area contributed by atoms with Gasteiger partial charge < -0.3 is 9.64 Å². The van der Waals surface area contributed by atoms with Gasteiger partial charge in [0.1, 0.15) is 6.61 Å². The van der Waals surface area contributed by atoms with E-state index in [4.69, 9.17) is 4.74 Å². The molecule has 1 atom stereocenters.